The van der Waals surface area contributed by atoms with Gasteiger partial charge in [0.25, 0.3) is 0 Å². The van der Waals surface area contributed by atoms with E-state index in [1.165, 1.54) is 43.6 Å². The average molecular weight is 170 g/mol. The van der Waals surface area contributed by atoms with Crippen molar-refractivity contribution < 1.29 is 0 Å². The fourth-order valence-corrected chi connectivity index (χ4v) is 2.79. The minimum atomic E-state index is 1.02. The molecule has 0 aromatic rings. The molecule has 0 amide bonds. The first-order chi connectivity index (χ1) is 5.43. The summed E-state index contributed by atoms with van der Waals surface area (Å²) in [4.78, 5) is 0. The van der Waals surface area contributed by atoms with Crippen LogP contribution in [0.1, 0.15) is 32.1 Å². The minimum Gasteiger partial charge on any atom is -0.162 e. The summed E-state index contributed by atoms with van der Waals surface area (Å²) in [5, 5.41) is 0. The second-order valence-electron chi connectivity index (χ2n) is 3.30. The molecule has 1 fully saturated rings. The molecular formula is C10H18S. The summed E-state index contributed by atoms with van der Waals surface area (Å²) in [6, 6.07) is 0. The van der Waals surface area contributed by atoms with Gasteiger partial charge < -0.3 is 0 Å². The molecule has 0 nitrogen and oxygen atoms in total. The summed E-state index contributed by atoms with van der Waals surface area (Å²) in [6.07, 6.45) is 8.96. The van der Waals surface area contributed by atoms with E-state index in [0.29, 0.717) is 0 Å². The summed E-state index contributed by atoms with van der Waals surface area (Å²) in [6.45, 7) is 3.74. The van der Waals surface area contributed by atoms with E-state index in [1.807, 2.05) is 6.08 Å². The number of hydrogen-bond acceptors (Lipinski definition) is 1. The highest BCUT2D eigenvalue weighted by atomic mass is 32.2. The molecule has 1 heteroatoms. The second-order valence-corrected chi connectivity index (χ2v) is 4.45. The van der Waals surface area contributed by atoms with Gasteiger partial charge in [0.2, 0.25) is 0 Å². The molecule has 0 spiro atoms. The molecule has 0 aromatic heterocycles. The molecule has 64 valence electrons. The third-order valence-corrected chi connectivity index (χ3v) is 3.56. The van der Waals surface area contributed by atoms with Gasteiger partial charge in [-0.3, -0.25) is 0 Å². The minimum absolute atomic E-state index is 1.02. The van der Waals surface area contributed by atoms with Gasteiger partial charge in [0.1, 0.15) is 0 Å². The Kier molecular flexibility index (Phi) is 4.76. The highest BCUT2D eigenvalue weighted by Crippen LogP contribution is 2.26. The molecule has 1 aliphatic rings. The Morgan fingerprint density at radius 3 is 3.09 bits per heavy atom. The van der Waals surface area contributed by atoms with Crippen LogP contribution in [0.3, 0.4) is 0 Å². The molecule has 0 aromatic carbocycles. The number of unbranched alkanes of at least 4 members (excludes halogenated alkanes) is 1. The van der Waals surface area contributed by atoms with Crippen molar-refractivity contribution in [1.82, 2.24) is 0 Å². The quantitative estimate of drug-likeness (QED) is 0.460. The van der Waals surface area contributed by atoms with Crippen molar-refractivity contribution in [2.24, 2.45) is 5.92 Å². The fraction of sp³-hybridized carbons (Fsp3) is 0.800. The molecule has 1 heterocycles. The molecule has 0 aliphatic carbocycles. The summed E-state index contributed by atoms with van der Waals surface area (Å²) >= 11 is 2.14. The maximum atomic E-state index is 3.74. The van der Waals surface area contributed by atoms with Gasteiger partial charge in [0, 0.05) is 0 Å². The van der Waals surface area contributed by atoms with E-state index >= 15 is 0 Å². The van der Waals surface area contributed by atoms with E-state index in [9.17, 15) is 0 Å². The van der Waals surface area contributed by atoms with Crippen LogP contribution in [0.5, 0.6) is 0 Å². The molecule has 11 heavy (non-hydrogen) atoms. The molecule has 1 rings (SSSR count). The van der Waals surface area contributed by atoms with Crippen LogP contribution >= 0.6 is 11.8 Å². The zero-order chi connectivity index (χ0) is 7.94. The van der Waals surface area contributed by atoms with E-state index in [0.717, 1.165) is 5.92 Å². The van der Waals surface area contributed by atoms with Crippen molar-refractivity contribution in [3.63, 3.8) is 0 Å². The van der Waals surface area contributed by atoms with Crippen molar-refractivity contribution in [3.8, 4) is 0 Å². The van der Waals surface area contributed by atoms with Crippen LogP contribution in [0.4, 0.5) is 0 Å². The smallest absolute Gasteiger partial charge is 0.00391 e. The van der Waals surface area contributed by atoms with Crippen molar-refractivity contribution in [3.05, 3.63) is 12.7 Å². The van der Waals surface area contributed by atoms with Crippen LogP contribution in [0.2, 0.25) is 0 Å². The SMILES string of the molecule is C=CCCC[C@H]1CCCSC1. The molecule has 0 saturated carbocycles. The first kappa shape index (κ1) is 9.18. The van der Waals surface area contributed by atoms with Crippen LogP contribution in [-0.4, -0.2) is 11.5 Å². The van der Waals surface area contributed by atoms with Crippen LogP contribution in [0.15, 0.2) is 12.7 Å². The Balaban J connectivity index is 2.00. The lowest BCUT2D eigenvalue weighted by molar-refractivity contribution is 0.471. The fourth-order valence-electron chi connectivity index (χ4n) is 1.59. The van der Waals surface area contributed by atoms with Crippen molar-refractivity contribution in [2.75, 3.05) is 11.5 Å². The monoisotopic (exact) mass is 170 g/mol. The zero-order valence-corrected chi connectivity index (χ0v) is 8.04. The number of thioether (sulfide) groups is 1. The lowest BCUT2D eigenvalue weighted by atomic mass is 9.99. The van der Waals surface area contributed by atoms with E-state index in [4.69, 9.17) is 0 Å². The van der Waals surface area contributed by atoms with Crippen LogP contribution in [0, 0.1) is 5.92 Å². The molecule has 1 aliphatic heterocycles. The number of hydrogen-bond donors (Lipinski definition) is 0. The van der Waals surface area contributed by atoms with Gasteiger partial charge in [-0.05, 0) is 49.5 Å². The van der Waals surface area contributed by atoms with Crippen LogP contribution < -0.4 is 0 Å². The van der Waals surface area contributed by atoms with Gasteiger partial charge in [0.05, 0.1) is 0 Å². The lowest BCUT2D eigenvalue weighted by Crippen LogP contribution is -2.09. The molecular weight excluding hydrogens is 152 g/mol. The number of rotatable bonds is 4. The van der Waals surface area contributed by atoms with Crippen molar-refractivity contribution in [2.45, 2.75) is 32.1 Å². The Labute approximate surface area is 74.5 Å². The predicted molar refractivity (Wildman–Crippen MR) is 54.1 cm³/mol. The Morgan fingerprint density at radius 2 is 2.45 bits per heavy atom. The predicted octanol–water partition coefficient (Wildman–Crippen LogP) is 3.49. The number of allylic oxidation sites excluding steroid dienone is 1. The van der Waals surface area contributed by atoms with Crippen LogP contribution in [-0.2, 0) is 0 Å². The Bertz CT molecular complexity index is 103. The lowest BCUT2D eigenvalue weighted by Gasteiger charge is -2.20. The first-order valence-corrected chi connectivity index (χ1v) is 5.77. The van der Waals surface area contributed by atoms with E-state index in [1.54, 1.807) is 0 Å². The van der Waals surface area contributed by atoms with E-state index in [2.05, 4.69) is 18.3 Å². The molecule has 0 bridgehead atoms. The summed E-state index contributed by atoms with van der Waals surface area (Å²) in [7, 11) is 0. The van der Waals surface area contributed by atoms with Crippen molar-refractivity contribution >= 4 is 11.8 Å². The van der Waals surface area contributed by atoms with Crippen LogP contribution in [0.25, 0.3) is 0 Å². The van der Waals surface area contributed by atoms with Gasteiger partial charge >= 0.3 is 0 Å². The Morgan fingerprint density at radius 1 is 1.55 bits per heavy atom. The van der Waals surface area contributed by atoms with Crippen molar-refractivity contribution in [1.29, 1.82) is 0 Å². The topological polar surface area (TPSA) is 0 Å². The maximum Gasteiger partial charge on any atom is -0.00391 e. The highest BCUT2D eigenvalue weighted by Gasteiger charge is 2.12. The zero-order valence-electron chi connectivity index (χ0n) is 7.22. The largest absolute Gasteiger partial charge is 0.162 e. The second kappa shape index (κ2) is 5.70. The molecule has 0 radical (unpaired) electrons. The normalized spacial score (nSPS) is 24.9. The maximum absolute atomic E-state index is 3.74. The summed E-state index contributed by atoms with van der Waals surface area (Å²) in [5.41, 5.74) is 0. The van der Waals surface area contributed by atoms with E-state index in [-0.39, 0.29) is 0 Å². The van der Waals surface area contributed by atoms with Gasteiger partial charge in [-0.15, -0.1) is 6.58 Å². The summed E-state index contributed by atoms with van der Waals surface area (Å²) < 4.78 is 0. The van der Waals surface area contributed by atoms with Gasteiger partial charge in [-0.2, -0.15) is 11.8 Å². The first-order valence-electron chi connectivity index (χ1n) is 4.62. The highest BCUT2D eigenvalue weighted by molar-refractivity contribution is 7.99. The standard InChI is InChI=1S/C10H18S/c1-2-3-4-6-10-7-5-8-11-9-10/h2,10H,1,3-9H2/t10-/m0/s1. The molecule has 1 atom stereocenters. The molecule has 1 saturated heterocycles. The van der Waals surface area contributed by atoms with Gasteiger partial charge in [0.15, 0.2) is 0 Å². The third-order valence-electron chi connectivity index (χ3n) is 2.28. The summed E-state index contributed by atoms with van der Waals surface area (Å²) in [5.74, 6) is 3.84. The third kappa shape index (κ3) is 3.85. The average Bonchev–Trinajstić information content (AvgIpc) is 2.07. The Hall–Kier alpha value is 0.0900. The molecule has 0 N–H and O–H groups in total. The van der Waals surface area contributed by atoms with E-state index < -0.39 is 0 Å². The van der Waals surface area contributed by atoms with Gasteiger partial charge in [-0.1, -0.05) is 6.08 Å². The van der Waals surface area contributed by atoms with Gasteiger partial charge in [-0.25, -0.2) is 0 Å². The molecule has 0 unspecified atom stereocenters.